The van der Waals surface area contributed by atoms with Crippen LogP contribution in [0.3, 0.4) is 0 Å². The molecule has 18 heavy (non-hydrogen) atoms. The predicted octanol–water partition coefficient (Wildman–Crippen LogP) is 3.20. The molecule has 1 unspecified atom stereocenters. The zero-order valence-electron chi connectivity index (χ0n) is 11.6. The highest BCUT2D eigenvalue weighted by Gasteiger charge is 2.13. The minimum absolute atomic E-state index is 0.343. The first-order valence-electron chi connectivity index (χ1n) is 6.87. The second-order valence-corrected chi connectivity index (χ2v) is 5.46. The Hall–Kier alpha value is -1.15. The lowest BCUT2D eigenvalue weighted by molar-refractivity contribution is -0.120. The molecule has 1 aromatic rings. The molecule has 2 heteroatoms. The molecule has 0 radical (unpaired) electrons. The lowest BCUT2D eigenvalue weighted by atomic mass is 9.91. The van der Waals surface area contributed by atoms with E-state index in [1.165, 1.54) is 5.56 Å². The summed E-state index contributed by atoms with van der Waals surface area (Å²) in [5.74, 6) is 1.31. The third kappa shape index (κ3) is 5.97. The van der Waals surface area contributed by atoms with Gasteiger partial charge in [-0.05, 0) is 36.8 Å². The first-order chi connectivity index (χ1) is 8.61. The van der Waals surface area contributed by atoms with Gasteiger partial charge in [-0.25, -0.2) is 0 Å². The fourth-order valence-corrected chi connectivity index (χ4v) is 2.28. The Labute approximate surface area is 111 Å². The largest absolute Gasteiger partial charge is 0.330 e. The van der Waals surface area contributed by atoms with E-state index in [0.717, 1.165) is 12.8 Å². The topological polar surface area (TPSA) is 43.1 Å². The molecule has 0 aliphatic carbocycles. The van der Waals surface area contributed by atoms with Gasteiger partial charge in [-0.2, -0.15) is 0 Å². The summed E-state index contributed by atoms with van der Waals surface area (Å²) >= 11 is 0. The summed E-state index contributed by atoms with van der Waals surface area (Å²) < 4.78 is 0. The van der Waals surface area contributed by atoms with Gasteiger partial charge in [0.25, 0.3) is 0 Å². The Balaban J connectivity index is 2.32. The van der Waals surface area contributed by atoms with Crippen molar-refractivity contribution in [2.75, 3.05) is 6.54 Å². The standard InChI is InChI=1S/C16H25NO/c1-13(2)10-15(12-17)11-16(18)9-8-14-6-4-3-5-7-14/h3-7,13,15H,8-12,17H2,1-2H3. The van der Waals surface area contributed by atoms with Crippen molar-refractivity contribution in [3.63, 3.8) is 0 Å². The van der Waals surface area contributed by atoms with Gasteiger partial charge < -0.3 is 5.73 Å². The fourth-order valence-electron chi connectivity index (χ4n) is 2.28. The maximum Gasteiger partial charge on any atom is 0.133 e. The molecular weight excluding hydrogens is 222 g/mol. The van der Waals surface area contributed by atoms with Crippen LogP contribution in [-0.4, -0.2) is 12.3 Å². The lowest BCUT2D eigenvalue weighted by Crippen LogP contribution is -2.20. The first kappa shape index (κ1) is 14.9. The van der Waals surface area contributed by atoms with Gasteiger partial charge in [0.05, 0.1) is 0 Å². The number of hydrogen-bond acceptors (Lipinski definition) is 2. The van der Waals surface area contributed by atoms with E-state index < -0.39 is 0 Å². The van der Waals surface area contributed by atoms with Crippen molar-refractivity contribution in [1.29, 1.82) is 0 Å². The van der Waals surface area contributed by atoms with E-state index in [1.54, 1.807) is 0 Å². The van der Waals surface area contributed by atoms with Crippen LogP contribution in [0, 0.1) is 11.8 Å². The molecule has 2 nitrogen and oxygen atoms in total. The average molecular weight is 247 g/mol. The van der Waals surface area contributed by atoms with Crippen LogP contribution < -0.4 is 5.73 Å². The Kier molecular flexibility index (Phi) is 6.66. The molecule has 1 atom stereocenters. The van der Waals surface area contributed by atoms with Crippen molar-refractivity contribution in [1.82, 2.24) is 0 Å². The van der Waals surface area contributed by atoms with E-state index in [-0.39, 0.29) is 0 Å². The molecule has 0 bridgehead atoms. The minimum atomic E-state index is 0.343. The van der Waals surface area contributed by atoms with Gasteiger partial charge in [-0.3, -0.25) is 4.79 Å². The number of hydrogen-bond donors (Lipinski definition) is 1. The molecular formula is C16H25NO. The van der Waals surface area contributed by atoms with Crippen LogP contribution in [0.4, 0.5) is 0 Å². The molecule has 100 valence electrons. The molecule has 0 fully saturated rings. The SMILES string of the molecule is CC(C)CC(CN)CC(=O)CCc1ccccc1. The van der Waals surface area contributed by atoms with Gasteiger partial charge in [0, 0.05) is 12.8 Å². The number of aryl methyl sites for hydroxylation is 1. The minimum Gasteiger partial charge on any atom is -0.330 e. The summed E-state index contributed by atoms with van der Waals surface area (Å²) in [6.07, 6.45) is 3.17. The van der Waals surface area contributed by atoms with Crippen LogP contribution >= 0.6 is 0 Å². The quantitative estimate of drug-likeness (QED) is 0.766. The highest BCUT2D eigenvalue weighted by molar-refractivity contribution is 5.78. The molecule has 1 aromatic carbocycles. The molecule has 0 aliphatic rings. The predicted molar refractivity (Wildman–Crippen MR) is 76.4 cm³/mol. The Bertz CT molecular complexity index is 345. The molecule has 2 N–H and O–H groups in total. The van der Waals surface area contributed by atoms with E-state index in [9.17, 15) is 4.79 Å². The van der Waals surface area contributed by atoms with Crippen LogP contribution in [-0.2, 0) is 11.2 Å². The first-order valence-corrected chi connectivity index (χ1v) is 6.87. The zero-order valence-corrected chi connectivity index (χ0v) is 11.6. The number of nitrogens with two attached hydrogens (primary N) is 1. The monoisotopic (exact) mass is 247 g/mol. The summed E-state index contributed by atoms with van der Waals surface area (Å²) in [5, 5.41) is 0. The van der Waals surface area contributed by atoms with Gasteiger partial charge >= 0.3 is 0 Å². The summed E-state index contributed by atoms with van der Waals surface area (Å²) in [6.45, 7) is 4.98. The summed E-state index contributed by atoms with van der Waals surface area (Å²) in [6, 6.07) is 10.2. The smallest absolute Gasteiger partial charge is 0.133 e. The molecule has 0 aliphatic heterocycles. The van der Waals surface area contributed by atoms with E-state index in [1.807, 2.05) is 18.2 Å². The van der Waals surface area contributed by atoms with Crippen LogP contribution in [0.1, 0.15) is 38.7 Å². The Morgan fingerprint density at radius 2 is 1.89 bits per heavy atom. The van der Waals surface area contributed by atoms with Gasteiger partial charge in [-0.1, -0.05) is 44.2 Å². The van der Waals surface area contributed by atoms with Gasteiger partial charge in [0.1, 0.15) is 5.78 Å². The molecule has 0 saturated carbocycles. The van der Waals surface area contributed by atoms with E-state index in [0.29, 0.717) is 37.0 Å². The number of carbonyl (C=O) groups is 1. The van der Waals surface area contributed by atoms with Crippen molar-refractivity contribution in [2.24, 2.45) is 17.6 Å². The normalized spacial score (nSPS) is 12.7. The summed E-state index contributed by atoms with van der Waals surface area (Å²) in [7, 11) is 0. The zero-order chi connectivity index (χ0) is 13.4. The third-order valence-electron chi connectivity index (χ3n) is 3.19. The molecule has 0 heterocycles. The molecule has 0 spiro atoms. The highest BCUT2D eigenvalue weighted by Crippen LogP contribution is 2.16. The highest BCUT2D eigenvalue weighted by atomic mass is 16.1. The third-order valence-corrected chi connectivity index (χ3v) is 3.19. The van der Waals surface area contributed by atoms with Crippen molar-refractivity contribution >= 4 is 5.78 Å². The van der Waals surface area contributed by atoms with Crippen LogP contribution in [0.25, 0.3) is 0 Å². The molecule has 1 rings (SSSR count). The lowest BCUT2D eigenvalue weighted by Gasteiger charge is -2.16. The second kappa shape index (κ2) is 8.04. The van der Waals surface area contributed by atoms with E-state index in [4.69, 9.17) is 5.73 Å². The number of Topliss-reactive ketones (excluding diaryl/α,β-unsaturated/α-hetero) is 1. The van der Waals surface area contributed by atoms with E-state index >= 15 is 0 Å². The fraction of sp³-hybridized carbons (Fsp3) is 0.562. The number of carbonyl (C=O) groups excluding carboxylic acids is 1. The summed E-state index contributed by atoms with van der Waals surface area (Å²) in [5.41, 5.74) is 6.96. The second-order valence-electron chi connectivity index (χ2n) is 5.46. The van der Waals surface area contributed by atoms with Crippen LogP contribution in [0.15, 0.2) is 30.3 Å². The maximum absolute atomic E-state index is 11.9. The Morgan fingerprint density at radius 1 is 1.22 bits per heavy atom. The molecule has 0 amide bonds. The van der Waals surface area contributed by atoms with Crippen molar-refractivity contribution < 1.29 is 4.79 Å². The van der Waals surface area contributed by atoms with Crippen molar-refractivity contribution in [3.8, 4) is 0 Å². The number of rotatable bonds is 8. The Morgan fingerprint density at radius 3 is 2.44 bits per heavy atom. The van der Waals surface area contributed by atoms with Crippen LogP contribution in [0.5, 0.6) is 0 Å². The van der Waals surface area contributed by atoms with Crippen LogP contribution in [0.2, 0.25) is 0 Å². The molecule has 0 saturated heterocycles. The van der Waals surface area contributed by atoms with Gasteiger partial charge in [-0.15, -0.1) is 0 Å². The van der Waals surface area contributed by atoms with Crippen molar-refractivity contribution in [3.05, 3.63) is 35.9 Å². The van der Waals surface area contributed by atoms with Gasteiger partial charge in [0.15, 0.2) is 0 Å². The average Bonchev–Trinajstić information content (AvgIpc) is 2.36. The van der Waals surface area contributed by atoms with E-state index in [2.05, 4.69) is 26.0 Å². The van der Waals surface area contributed by atoms with Crippen molar-refractivity contribution in [2.45, 2.75) is 39.5 Å². The number of ketones is 1. The van der Waals surface area contributed by atoms with Gasteiger partial charge in [0.2, 0.25) is 0 Å². The summed E-state index contributed by atoms with van der Waals surface area (Å²) in [4.78, 5) is 11.9. The maximum atomic E-state index is 11.9. The number of benzene rings is 1. The molecule has 0 aromatic heterocycles.